The number of aromatic nitrogens is 4. The highest BCUT2D eigenvalue weighted by Crippen LogP contribution is 2.28. The van der Waals surface area contributed by atoms with E-state index in [0.717, 1.165) is 35.1 Å². The third kappa shape index (κ3) is 4.30. The fourth-order valence-electron chi connectivity index (χ4n) is 3.71. The van der Waals surface area contributed by atoms with E-state index in [1.54, 1.807) is 6.33 Å². The molecule has 2 atom stereocenters. The van der Waals surface area contributed by atoms with Crippen LogP contribution in [-0.2, 0) is 11.3 Å². The molecule has 0 spiro atoms. The molecule has 0 radical (unpaired) electrons. The first kappa shape index (κ1) is 20.7. The third-order valence-corrected chi connectivity index (χ3v) is 5.71. The largest absolute Gasteiger partial charge is 0.368 e. The molecule has 9 heteroatoms. The lowest BCUT2D eigenvalue weighted by Crippen LogP contribution is -2.22. The number of ether oxygens (including phenoxy) is 1. The second-order valence-corrected chi connectivity index (χ2v) is 8.49. The van der Waals surface area contributed by atoms with Crippen LogP contribution in [0.25, 0.3) is 11.2 Å². The Bertz CT molecular complexity index is 1090. The number of fused-ring (bicyclic) bond motifs is 1. The van der Waals surface area contributed by atoms with Crippen molar-refractivity contribution in [3.8, 4) is 0 Å². The van der Waals surface area contributed by atoms with Crippen LogP contribution in [0.1, 0.15) is 39.9 Å². The average molecular weight is 426 g/mol. The van der Waals surface area contributed by atoms with Crippen LogP contribution in [0.5, 0.6) is 0 Å². The van der Waals surface area contributed by atoms with Gasteiger partial charge in [0.2, 0.25) is 5.95 Å². The molecular formula is C21H27N6O2P. The molecule has 2 aromatic heterocycles. The topological polar surface area (TPSA) is 108 Å². The number of aryl methyl sites for hydroxylation is 3. The zero-order chi connectivity index (χ0) is 21.4. The van der Waals surface area contributed by atoms with Gasteiger partial charge in [0, 0.05) is 18.2 Å². The molecule has 3 aromatic rings. The molecule has 4 rings (SSSR count). The van der Waals surface area contributed by atoms with Crippen LogP contribution in [0, 0.1) is 20.8 Å². The number of Topliss-reactive ketones (excluding diaryl/α,β-unsaturated/α-hetero) is 1. The molecular weight excluding hydrogens is 399 g/mol. The molecule has 1 aliphatic rings. The second-order valence-electron chi connectivity index (χ2n) is 7.89. The van der Waals surface area contributed by atoms with Crippen molar-refractivity contribution < 1.29 is 9.53 Å². The van der Waals surface area contributed by atoms with Crippen LogP contribution in [0.15, 0.2) is 18.5 Å². The first-order valence-electron chi connectivity index (χ1n) is 10.1. The van der Waals surface area contributed by atoms with Crippen molar-refractivity contribution in [1.82, 2.24) is 19.5 Å². The van der Waals surface area contributed by atoms with E-state index in [9.17, 15) is 4.79 Å². The van der Waals surface area contributed by atoms with Crippen LogP contribution >= 0.6 is 9.24 Å². The summed E-state index contributed by atoms with van der Waals surface area (Å²) in [5.74, 6) is 0.224. The van der Waals surface area contributed by atoms with Crippen molar-refractivity contribution in [2.24, 2.45) is 0 Å². The maximum atomic E-state index is 12.9. The number of nitrogens with zero attached hydrogens (tertiary/aromatic N) is 4. The van der Waals surface area contributed by atoms with Crippen molar-refractivity contribution in [2.75, 3.05) is 17.7 Å². The molecule has 1 aliphatic carbocycles. The summed E-state index contributed by atoms with van der Waals surface area (Å²) in [6.45, 7) is 6.78. The molecule has 2 unspecified atom stereocenters. The number of nitrogens with two attached hydrogens (primary N) is 1. The number of imidazole rings is 1. The van der Waals surface area contributed by atoms with Gasteiger partial charge in [0.05, 0.1) is 12.9 Å². The summed E-state index contributed by atoms with van der Waals surface area (Å²) in [6.07, 6.45) is 3.96. The maximum absolute atomic E-state index is 12.9. The molecule has 30 heavy (non-hydrogen) atoms. The first-order chi connectivity index (χ1) is 14.3. The highest BCUT2D eigenvalue weighted by Gasteiger charge is 2.24. The number of ketones is 1. The van der Waals surface area contributed by atoms with Gasteiger partial charge >= 0.3 is 0 Å². The Kier molecular flexibility index (Phi) is 5.71. The molecule has 3 N–H and O–H groups in total. The van der Waals surface area contributed by atoms with Crippen molar-refractivity contribution in [1.29, 1.82) is 0 Å². The van der Waals surface area contributed by atoms with Crippen LogP contribution in [0.2, 0.25) is 0 Å². The van der Waals surface area contributed by atoms with E-state index < -0.39 is 5.85 Å². The highest BCUT2D eigenvalue weighted by molar-refractivity contribution is 7.19. The number of carbonyl (C=O) groups is 1. The zero-order valence-corrected chi connectivity index (χ0v) is 18.6. The van der Waals surface area contributed by atoms with E-state index in [2.05, 4.69) is 29.5 Å². The summed E-state index contributed by atoms with van der Waals surface area (Å²) in [4.78, 5) is 26.0. The lowest BCUT2D eigenvalue weighted by molar-refractivity contribution is 0.0656. The average Bonchev–Trinajstić information content (AvgIpc) is 3.39. The fourth-order valence-corrected chi connectivity index (χ4v) is 4.01. The van der Waals surface area contributed by atoms with Crippen molar-refractivity contribution >= 4 is 38.0 Å². The maximum Gasteiger partial charge on any atom is 0.224 e. The zero-order valence-electron chi connectivity index (χ0n) is 17.5. The van der Waals surface area contributed by atoms with Gasteiger partial charge in [-0.2, -0.15) is 9.97 Å². The van der Waals surface area contributed by atoms with Crippen LogP contribution in [0.3, 0.4) is 0 Å². The number of nitrogen functional groups attached to an aromatic ring is 1. The molecule has 0 bridgehead atoms. The number of benzene rings is 1. The minimum Gasteiger partial charge on any atom is -0.368 e. The molecule has 1 aromatic carbocycles. The molecule has 1 fully saturated rings. The van der Waals surface area contributed by atoms with Gasteiger partial charge in [0.15, 0.2) is 22.8 Å². The number of carbonyl (C=O) groups excluding carboxylic acids is 1. The Morgan fingerprint density at radius 1 is 1.30 bits per heavy atom. The van der Waals surface area contributed by atoms with Crippen molar-refractivity contribution in [2.45, 2.75) is 52.0 Å². The molecule has 158 valence electrons. The summed E-state index contributed by atoms with van der Waals surface area (Å²) in [7, 11) is 2.50. The Morgan fingerprint density at radius 3 is 2.67 bits per heavy atom. The van der Waals surface area contributed by atoms with Crippen molar-refractivity contribution in [3.05, 3.63) is 40.7 Å². The van der Waals surface area contributed by atoms with Gasteiger partial charge in [-0.05, 0) is 44.7 Å². The molecule has 1 saturated carbocycles. The fraction of sp³-hybridized carbons (Fsp3) is 0.429. The minimum absolute atomic E-state index is 0.0343. The normalized spacial score (nSPS) is 14.8. The number of hydrogen-bond donors (Lipinski definition) is 2. The van der Waals surface area contributed by atoms with Gasteiger partial charge in [-0.15, -0.1) is 0 Å². The minimum atomic E-state index is -0.619. The molecule has 0 aliphatic heterocycles. The van der Waals surface area contributed by atoms with Crippen molar-refractivity contribution in [3.63, 3.8) is 0 Å². The van der Waals surface area contributed by atoms with Gasteiger partial charge in [-0.3, -0.25) is 4.79 Å². The summed E-state index contributed by atoms with van der Waals surface area (Å²) >= 11 is 0. The Hall–Kier alpha value is -2.57. The van der Waals surface area contributed by atoms with E-state index in [4.69, 9.17) is 10.5 Å². The summed E-state index contributed by atoms with van der Waals surface area (Å²) in [5, 5.41) is 3.35. The van der Waals surface area contributed by atoms with Gasteiger partial charge in [0.1, 0.15) is 5.85 Å². The standard InChI is InChI=1S/C21H27N6O2P/c1-11-8-12(2)15(13(3)9-11)17(28)20(30)29-7-6-27-10-23-16-18(24-14-4-5-14)25-21(22)26-19(16)27/h8-10,14,20H,4-7,30H2,1-3H3,(H3,22,24,25,26). The number of anilines is 2. The predicted molar refractivity (Wildman–Crippen MR) is 121 cm³/mol. The van der Waals surface area contributed by atoms with Gasteiger partial charge in [-0.1, -0.05) is 26.9 Å². The van der Waals surface area contributed by atoms with E-state index >= 15 is 0 Å². The Labute approximate surface area is 177 Å². The lowest BCUT2D eigenvalue weighted by atomic mass is 9.97. The Balaban J connectivity index is 1.43. The number of rotatable bonds is 8. The number of hydrogen-bond acceptors (Lipinski definition) is 7. The van der Waals surface area contributed by atoms with Gasteiger partial charge in [-0.25, -0.2) is 4.98 Å². The van der Waals surface area contributed by atoms with Crippen LogP contribution < -0.4 is 11.1 Å². The smallest absolute Gasteiger partial charge is 0.224 e. The molecule has 0 amide bonds. The van der Waals surface area contributed by atoms with Gasteiger partial charge in [0.25, 0.3) is 0 Å². The molecule has 0 saturated heterocycles. The third-order valence-electron chi connectivity index (χ3n) is 5.21. The van der Waals surface area contributed by atoms with E-state index in [1.165, 1.54) is 0 Å². The SMILES string of the molecule is Cc1cc(C)c(C(=O)C(P)OCCn2cnc3c(NC4CC4)nc(N)nc32)c(C)c1. The van der Waals surface area contributed by atoms with Crippen LogP contribution in [-0.4, -0.2) is 43.8 Å². The molecule has 8 nitrogen and oxygen atoms in total. The highest BCUT2D eigenvalue weighted by atomic mass is 31.0. The predicted octanol–water partition coefficient (Wildman–Crippen LogP) is 3.01. The summed E-state index contributed by atoms with van der Waals surface area (Å²) in [6, 6.07) is 4.48. The van der Waals surface area contributed by atoms with Crippen LogP contribution in [0.4, 0.5) is 11.8 Å². The summed E-state index contributed by atoms with van der Waals surface area (Å²) in [5.41, 5.74) is 11.1. The van der Waals surface area contributed by atoms with E-state index in [-0.39, 0.29) is 11.7 Å². The first-order valence-corrected chi connectivity index (χ1v) is 10.7. The monoisotopic (exact) mass is 426 g/mol. The molecule has 2 heterocycles. The number of nitrogens with one attached hydrogen (secondary N) is 1. The quantitative estimate of drug-likeness (QED) is 0.421. The lowest BCUT2D eigenvalue weighted by Gasteiger charge is -2.16. The van der Waals surface area contributed by atoms with E-state index in [0.29, 0.717) is 36.2 Å². The van der Waals surface area contributed by atoms with E-state index in [1.807, 2.05) is 37.5 Å². The summed E-state index contributed by atoms with van der Waals surface area (Å²) < 4.78 is 7.70. The second kappa shape index (κ2) is 8.28. The van der Waals surface area contributed by atoms with Gasteiger partial charge < -0.3 is 20.4 Å². The Morgan fingerprint density at radius 2 is 2.00 bits per heavy atom.